The second kappa shape index (κ2) is 5.94. The van der Waals surface area contributed by atoms with Gasteiger partial charge in [0.2, 0.25) is 0 Å². The fourth-order valence-electron chi connectivity index (χ4n) is 2.37. The zero-order chi connectivity index (χ0) is 14.7. The number of benzene rings is 1. The average Bonchev–Trinajstić information content (AvgIpc) is 2.79. The molecule has 2 amide bonds. The van der Waals surface area contributed by atoms with Gasteiger partial charge in [-0.3, -0.25) is 9.69 Å². The van der Waals surface area contributed by atoms with Gasteiger partial charge in [-0.05, 0) is 38.0 Å². The molecular formula is C15H20N2O3. The highest BCUT2D eigenvalue weighted by atomic mass is 16.4. The first-order chi connectivity index (χ1) is 9.49. The van der Waals surface area contributed by atoms with E-state index in [1.54, 1.807) is 4.90 Å². The molecule has 0 bridgehead atoms. The first-order valence-corrected chi connectivity index (χ1v) is 6.88. The molecule has 1 aromatic carbocycles. The molecular weight excluding hydrogens is 256 g/mol. The molecule has 1 heterocycles. The summed E-state index contributed by atoms with van der Waals surface area (Å²) in [4.78, 5) is 26.4. The van der Waals surface area contributed by atoms with E-state index >= 15 is 0 Å². The molecule has 2 rings (SSSR count). The Balaban J connectivity index is 2.03. The molecule has 0 radical (unpaired) electrons. The fourth-order valence-corrected chi connectivity index (χ4v) is 2.37. The molecule has 1 fully saturated rings. The highest BCUT2D eigenvalue weighted by Crippen LogP contribution is 2.22. The van der Waals surface area contributed by atoms with Gasteiger partial charge in [-0.25, -0.2) is 4.79 Å². The molecule has 0 saturated carbocycles. The van der Waals surface area contributed by atoms with Gasteiger partial charge in [0.15, 0.2) is 0 Å². The number of anilines is 1. The molecule has 108 valence electrons. The van der Waals surface area contributed by atoms with Crippen LogP contribution in [0.2, 0.25) is 0 Å². The Labute approximate surface area is 118 Å². The summed E-state index contributed by atoms with van der Waals surface area (Å²) < 4.78 is 0. The Kier molecular flexibility index (Phi) is 4.27. The first kappa shape index (κ1) is 14.4. The third kappa shape index (κ3) is 3.10. The van der Waals surface area contributed by atoms with E-state index in [2.05, 4.69) is 0 Å². The number of hydrogen-bond acceptors (Lipinski definition) is 2. The molecule has 1 aliphatic heterocycles. The summed E-state index contributed by atoms with van der Waals surface area (Å²) in [6.45, 7) is 5.47. The van der Waals surface area contributed by atoms with Crippen molar-refractivity contribution in [1.29, 1.82) is 0 Å². The number of rotatable bonds is 5. The predicted octanol–water partition coefficient (Wildman–Crippen LogP) is 2.35. The smallest absolute Gasteiger partial charge is 0.324 e. The molecule has 1 N–H and O–H groups in total. The first-order valence-electron chi connectivity index (χ1n) is 6.88. The lowest BCUT2D eigenvalue weighted by atomic mass is 10.1. The summed E-state index contributed by atoms with van der Waals surface area (Å²) in [5.74, 6) is -0.795. The normalized spacial score (nSPS) is 15.2. The van der Waals surface area contributed by atoms with Crippen molar-refractivity contribution in [3.05, 3.63) is 29.8 Å². The molecule has 5 heteroatoms. The number of carbonyl (C=O) groups excluding carboxylic acids is 1. The number of hydrogen-bond donors (Lipinski definition) is 1. The minimum atomic E-state index is -0.795. The highest BCUT2D eigenvalue weighted by Gasteiger charge is 2.30. The van der Waals surface area contributed by atoms with Gasteiger partial charge < -0.3 is 10.0 Å². The van der Waals surface area contributed by atoms with Gasteiger partial charge in [-0.15, -0.1) is 0 Å². The molecule has 1 saturated heterocycles. The Morgan fingerprint density at radius 3 is 2.40 bits per heavy atom. The second-order valence-corrected chi connectivity index (χ2v) is 5.28. The zero-order valence-electron chi connectivity index (χ0n) is 11.9. The van der Waals surface area contributed by atoms with Crippen molar-refractivity contribution in [2.45, 2.75) is 32.7 Å². The second-order valence-electron chi connectivity index (χ2n) is 5.28. The molecule has 20 heavy (non-hydrogen) atoms. The maximum absolute atomic E-state index is 12.2. The molecule has 1 aromatic rings. The van der Waals surface area contributed by atoms with Crippen LogP contribution < -0.4 is 4.90 Å². The van der Waals surface area contributed by atoms with Crippen molar-refractivity contribution in [3.63, 3.8) is 0 Å². The third-order valence-corrected chi connectivity index (χ3v) is 3.54. The third-order valence-electron chi connectivity index (χ3n) is 3.54. The maximum Gasteiger partial charge on any atom is 0.324 e. The number of aliphatic carboxylic acids is 1. The van der Waals surface area contributed by atoms with E-state index in [0.29, 0.717) is 13.0 Å². The summed E-state index contributed by atoms with van der Waals surface area (Å²) in [5.41, 5.74) is 1.85. The van der Waals surface area contributed by atoms with Crippen molar-refractivity contribution >= 4 is 17.7 Å². The highest BCUT2D eigenvalue weighted by molar-refractivity contribution is 5.94. The lowest BCUT2D eigenvalue weighted by Crippen LogP contribution is -2.36. The lowest BCUT2D eigenvalue weighted by molar-refractivity contribution is -0.136. The summed E-state index contributed by atoms with van der Waals surface area (Å²) in [6, 6.07) is 7.81. The largest absolute Gasteiger partial charge is 0.481 e. The van der Waals surface area contributed by atoms with Gasteiger partial charge in [0.1, 0.15) is 0 Å². The Bertz CT molecular complexity index is 496. The van der Waals surface area contributed by atoms with Gasteiger partial charge in [0.05, 0.1) is 0 Å². The molecule has 5 nitrogen and oxygen atoms in total. The molecule has 0 aliphatic carbocycles. The molecule has 0 spiro atoms. The van der Waals surface area contributed by atoms with Crippen LogP contribution in [-0.4, -0.2) is 41.1 Å². The zero-order valence-corrected chi connectivity index (χ0v) is 11.9. The van der Waals surface area contributed by atoms with E-state index in [-0.39, 0.29) is 18.5 Å². The average molecular weight is 276 g/mol. The summed E-state index contributed by atoms with van der Waals surface area (Å²) >= 11 is 0. The van der Waals surface area contributed by atoms with Crippen molar-refractivity contribution in [2.75, 3.05) is 18.0 Å². The number of amides is 2. The monoisotopic (exact) mass is 276 g/mol. The molecule has 0 unspecified atom stereocenters. The van der Waals surface area contributed by atoms with Crippen molar-refractivity contribution in [2.24, 2.45) is 0 Å². The number of urea groups is 1. The minimum absolute atomic E-state index is 0.0401. The number of carbonyl (C=O) groups is 2. The van der Waals surface area contributed by atoms with E-state index in [4.69, 9.17) is 5.11 Å². The maximum atomic E-state index is 12.2. The standard InChI is InChI=1S/C15H20N2O3/c1-11(2)16-9-10-17(15(16)20)13-6-3-12(4-7-13)5-8-14(18)19/h3-4,6-7,11H,5,8-10H2,1-2H3,(H,18,19). The molecule has 0 atom stereocenters. The Morgan fingerprint density at radius 1 is 1.25 bits per heavy atom. The van der Waals surface area contributed by atoms with E-state index in [1.165, 1.54) is 0 Å². The van der Waals surface area contributed by atoms with Crippen molar-refractivity contribution in [3.8, 4) is 0 Å². The fraction of sp³-hybridized carbons (Fsp3) is 0.467. The van der Waals surface area contributed by atoms with Crippen LogP contribution in [-0.2, 0) is 11.2 Å². The Morgan fingerprint density at radius 2 is 1.90 bits per heavy atom. The summed E-state index contributed by atoms with van der Waals surface area (Å²) in [6.07, 6.45) is 0.644. The topological polar surface area (TPSA) is 60.9 Å². The van der Waals surface area contributed by atoms with Gasteiger partial charge in [-0.1, -0.05) is 12.1 Å². The number of aryl methyl sites for hydroxylation is 1. The number of nitrogens with zero attached hydrogens (tertiary/aromatic N) is 2. The van der Waals surface area contributed by atoms with Crippen LogP contribution in [0.5, 0.6) is 0 Å². The van der Waals surface area contributed by atoms with Crippen LogP contribution in [0.15, 0.2) is 24.3 Å². The number of carboxylic acid groups (broad SMARTS) is 1. The predicted molar refractivity (Wildman–Crippen MR) is 77.0 cm³/mol. The van der Waals surface area contributed by atoms with Crippen molar-refractivity contribution in [1.82, 2.24) is 4.90 Å². The van der Waals surface area contributed by atoms with E-state index in [1.807, 2.05) is 43.0 Å². The molecule has 1 aliphatic rings. The van der Waals surface area contributed by atoms with Crippen LogP contribution in [0, 0.1) is 0 Å². The van der Waals surface area contributed by atoms with Gasteiger partial charge in [0.25, 0.3) is 0 Å². The van der Waals surface area contributed by atoms with Crippen LogP contribution in [0.25, 0.3) is 0 Å². The van der Waals surface area contributed by atoms with Gasteiger partial charge >= 0.3 is 12.0 Å². The Hall–Kier alpha value is -2.04. The molecule has 0 aromatic heterocycles. The summed E-state index contributed by atoms with van der Waals surface area (Å²) in [5, 5.41) is 8.66. The van der Waals surface area contributed by atoms with Crippen LogP contribution in [0.3, 0.4) is 0 Å². The number of carboxylic acids is 1. The quantitative estimate of drug-likeness (QED) is 0.898. The van der Waals surface area contributed by atoms with Crippen molar-refractivity contribution < 1.29 is 14.7 Å². The van der Waals surface area contributed by atoms with Gasteiger partial charge in [0, 0.05) is 31.2 Å². The lowest BCUT2D eigenvalue weighted by Gasteiger charge is -2.21. The van der Waals surface area contributed by atoms with Crippen LogP contribution in [0.4, 0.5) is 10.5 Å². The SMILES string of the molecule is CC(C)N1CCN(c2ccc(CCC(=O)O)cc2)C1=O. The van der Waals surface area contributed by atoms with E-state index < -0.39 is 5.97 Å². The van der Waals surface area contributed by atoms with Crippen LogP contribution in [0.1, 0.15) is 25.8 Å². The van der Waals surface area contributed by atoms with Gasteiger partial charge in [-0.2, -0.15) is 0 Å². The minimum Gasteiger partial charge on any atom is -0.481 e. The van der Waals surface area contributed by atoms with E-state index in [0.717, 1.165) is 17.8 Å². The van der Waals surface area contributed by atoms with E-state index in [9.17, 15) is 9.59 Å². The van der Waals surface area contributed by atoms with Crippen LogP contribution >= 0.6 is 0 Å². The summed E-state index contributed by atoms with van der Waals surface area (Å²) in [7, 11) is 0.